The third kappa shape index (κ3) is 4.07. The Morgan fingerprint density at radius 1 is 1.25 bits per heavy atom. The zero-order chi connectivity index (χ0) is 20.3. The molecule has 0 saturated carbocycles. The van der Waals surface area contributed by atoms with Crippen molar-refractivity contribution in [3.63, 3.8) is 0 Å². The number of carbonyl (C=O) groups excluding carboxylic acids is 1. The maximum absolute atomic E-state index is 12.3. The number of thiocarbonyl (C=S) groups is 1. The Morgan fingerprint density at radius 3 is 2.68 bits per heavy atom. The average Bonchev–Trinajstić information content (AvgIpc) is 3.05. The third-order valence-electron chi connectivity index (χ3n) is 4.43. The van der Waals surface area contributed by atoms with E-state index in [1.807, 2.05) is 0 Å². The summed E-state index contributed by atoms with van der Waals surface area (Å²) in [6.07, 6.45) is 3.91. The van der Waals surface area contributed by atoms with Gasteiger partial charge in [-0.15, -0.1) is 11.3 Å². The van der Waals surface area contributed by atoms with Crippen LogP contribution in [0.5, 0.6) is 5.75 Å². The maximum Gasteiger partial charge on any atom is 0.341 e. The number of benzene rings is 1. The van der Waals surface area contributed by atoms with Crippen LogP contribution in [0.1, 0.15) is 33.6 Å². The van der Waals surface area contributed by atoms with Crippen LogP contribution in [0.25, 0.3) is 0 Å². The van der Waals surface area contributed by atoms with Crippen molar-refractivity contribution in [2.24, 2.45) is 0 Å². The van der Waals surface area contributed by atoms with Crippen molar-refractivity contribution in [2.45, 2.75) is 25.7 Å². The largest absolute Gasteiger partial charge is 0.494 e. The minimum Gasteiger partial charge on any atom is -0.494 e. The Kier molecular flexibility index (Phi) is 6.10. The van der Waals surface area contributed by atoms with Crippen LogP contribution in [0.15, 0.2) is 18.2 Å². The molecule has 2 aromatic rings. The van der Waals surface area contributed by atoms with Gasteiger partial charge in [-0.3, -0.25) is 10.1 Å². The summed E-state index contributed by atoms with van der Waals surface area (Å²) in [5.41, 5.74) is 1.95. The Labute approximate surface area is 171 Å². The van der Waals surface area contributed by atoms with Gasteiger partial charge in [0.2, 0.25) is 0 Å². The molecule has 1 aliphatic rings. The molecule has 0 amide bonds. The minimum absolute atomic E-state index is 0.0832. The summed E-state index contributed by atoms with van der Waals surface area (Å²) in [5, 5.41) is 17.8. The quantitative estimate of drug-likeness (QED) is 0.321. The monoisotopic (exact) mass is 421 g/mol. The number of nitrogens with zero attached hydrogens (tertiary/aromatic N) is 1. The fourth-order valence-electron chi connectivity index (χ4n) is 3.13. The smallest absolute Gasteiger partial charge is 0.341 e. The van der Waals surface area contributed by atoms with Gasteiger partial charge in [0.15, 0.2) is 5.11 Å². The van der Waals surface area contributed by atoms with E-state index in [1.54, 1.807) is 0 Å². The molecule has 2 N–H and O–H groups in total. The molecule has 0 unspecified atom stereocenters. The van der Waals surface area contributed by atoms with E-state index in [0.29, 0.717) is 16.3 Å². The molecule has 3 rings (SSSR count). The van der Waals surface area contributed by atoms with E-state index >= 15 is 0 Å². The highest BCUT2D eigenvalue weighted by Gasteiger charge is 2.26. The van der Waals surface area contributed by atoms with E-state index in [1.165, 1.54) is 48.6 Å². The zero-order valence-corrected chi connectivity index (χ0v) is 17.0. The molecule has 1 aromatic carbocycles. The number of nitro groups is 1. The van der Waals surface area contributed by atoms with E-state index in [-0.39, 0.29) is 16.5 Å². The van der Waals surface area contributed by atoms with Crippen molar-refractivity contribution in [1.82, 2.24) is 0 Å². The second-order valence-corrected chi connectivity index (χ2v) is 7.64. The van der Waals surface area contributed by atoms with Crippen LogP contribution in [-0.2, 0) is 17.6 Å². The van der Waals surface area contributed by atoms with Gasteiger partial charge in [0.05, 0.1) is 36.5 Å². The van der Waals surface area contributed by atoms with Gasteiger partial charge in [-0.05, 0) is 49.5 Å². The molecule has 10 heteroatoms. The van der Waals surface area contributed by atoms with Gasteiger partial charge in [0.25, 0.3) is 5.69 Å². The molecule has 1 aromatic heterocycles. The molecule has 8 nitrogen and oxygen atoms in total. The van der Waals surface area contributed by atoms with E-state index in [0.717, 1.165) is 31.2 Å². The lowest BCUT2D eigenvalue weighted by Gasteiger charge is -2.14. The van der Waals surface area contributed by atoms with Crippen molar-refractivity contribution >= 4 is 51.0 Å². The number of ether oxygens (including phenoxy) is 2. The van der Waals surface area contributed by atoms with Crippen molar-refractivity contribution in [3.05, 3.63) is 44.3 Å². The van der Waals surface area contributed by atoms with Crippen LogP contribution in [-0.4, -0.2) is 30.2 Å². The van der Waals surface area contributed by atoms with Gasteiger partial charge in [-0.25, -0.2) is 4.79 Å². The molecule has 0 bridgehead atoms. The van der Waals surface area contributed by atoms with Crippen molar-refractivity contribution in [2.75, 3.05) is 24.9 Å². The topological polar surface area (TPSA) is 103 Å². The lowest BCUT2D eigenvalue weighted by Crippen LogP contribution is -2.20. The number of esters is 1. The highest BCUT2D eigenvalue weighted by Crippen LogP contribution is 2.39. The number of methoxy groups -OCH3 is 2. The molecule has 0 aliphatic heterocycles. The van der Waals surface area contributed by atoms with Crippen LogP contribution < -0.4 is 15.4 Å². The molecule has 1 aliphatic carbocycles. The number of rotatable bonds is 5. The first-order valence-electron chi connectivity index (χ1n) is 8.58. The van der Waals surface area contributed by atoms with E-state index < -0.39 is 10.9 Å². The van der Waals surface area contributed by atoms with Crippen LogP contribution in [0.3, 0.4) is 0 Å². The number of aryl methyl sites for hydroxylation is 1. The first kappa shape index (κ1) is 20.0. The van der Waals surface area contributed by atoms with Gasteiger partial charge in [-0.2, -0.15) is 0 Å². The summed E-state index contributed by atoms with van der Waals surface area (Å²) in [5.74, 6) is -0.102. The lowest BCUT2D eigenvalue weighted by molar-refractivity contribution is -0.384. The average molecular weight is 422 g/mol. The normalized spacial score (nSPS) is 12.6. The summed E-state index contributed by atoms with van der Waals surface area (Å²) in [7, 11) is 2.78. The zero-order valence-electron chi connectivity index (χ0n) is 15.4. The fraction of sp³-hybridized carbons (Fsp3) is 0.333. The fourth-order valence-corrected chi connectivity index (χ4v) is 4.68. The predicted molar refractivity (Wildman–Crippen MR) is 112 cm³/mol. The Balaban J connectivity index is 1.83. The molecular weight excluding hydrogens is 402 g/mol. The van der Waals surface area contributed by atoms with Gasteiger partial charge in [-0.1, -0.05) is 0 Å². The lowest BCUT2D eigenvalue weighted by atomic mass is 9.95. The van der Waals surface area contributed by atoms with Crippen molar-refractivity contribution in [3.8, 4) is 5.75 Å². The van der Waals surface area contributed by atoms with Crippen LogP contribution in [0.4, 0.5) is 16.4 Å². The van der Waals surface area contributed by atoms with Gasteiger partial charge >= 0.3 is 5.97 Å². The van der Waals surface area contributed by atoms with Crippen LogP contribution in [0, 0.1) is 10.1 Å². The van der Waals surface area contributed by atoms with Gasteiger partial charge < -0.3 is 20.1 Å². The number of hydrogen-bond donors (Lipinski definition) is 2. The van der Waals surface area contributed by atoms with E-state index in [4.69, 9.17) is 21.7 Å². The Hall–Kier alpha value is -2.72. The summed E-state index contributed by atoms with van der Waals surface area (Å²) >= 11 is 6.88. The Bertz CT molecular complexity index is 942. The molecule has 148 valence electrons. The highest BCUT2D eigenvalue weighted by atomic mass is 32.1. The molecule has 28 heavy (non-hydrogen) atoms. The molecule has 0 saturated heterocycles. The number of hydrogen-bond acceptors (Lipinski definition) is 7. The van der Waals surface area contributed by atoms with Gasteiger partial charge in [0, 0.05) is 10.9 Å². The molecule has 0 spiro atoms. The SMILES string of the molecule is COC(=O)c1c(NC(=S)Nc2ccc([N+](=O)[O-])cc2OC)sc2c1CCCC2. The summed E-state index contributed by atoms with van der Waals surface area (Å²) < 4.78 is 10.2. The van der Waals surface area contributed by atoms with Crippen molar-refractivity contribution < 1.29 is 19.2 Å². The summed E-state index contributed by atoms with van der Waals surface area (Å²) in [6, 6.07) is 4.19. The van der Waals surface area contributed by atoms with Gasteiger partial charge in [0.1, 0.15) is 10.8 Å². The molecule has 0 fully saturated rings. The number of non-ortho nitro benzene ring substituents is 1. The number of thiophene rings is 1. The number of nitrogens with one attached hydrogen (secondary N) is 2. The summed E-state index contributed by atoms with van der Waals surface area (Å²) in [4.78, 5) is 23.9. The standard InChI is InChI=1S/C18H19N3O5S2/c1-25-13-9-10(21(23)24)7-8-12(13)19-18(27)20-16-15(17(22)26-2)11-5-3-4-6-14(11)28-16/h7-9H,3-6H2,1-2H3,(H2,19,20,27). The molecular formula is C18H19N3O5S2. The van der Waals surface area contributed by atoms with E-state index in [2.05, 4.69) is 10.6 Å². The van der Waals surface area contributed by atoms with E-state index in [9.17, 15) is 14.9 Å². The number of anilines is 2. The first-order chi connectivity index (χ1) is 13.4. The first-order valence-corrected chi connectivity index (χ1v) is 9.80. The summed E-state index contributed by atoms with van der Waals surface area (Å²) in [6.45, 7) is 0. The number of nitro benzene ring substituents is 1. The predicted octanol–water partition coefficient (Wildman–Crippen LogP) is 4.14. The second kappa shape index (κ2) is 8.53. The maximum atomic E-state index is 12.3. The molecule has 1 heterocycles. The van der Waals surface area contributed by atoms with Crippen molar-refractivity contribution in [1.29, 1.82) is 0 Å². The molecule has 0 atom stereocenters. The van der Waals surface area contributed by atoms with Crippen LogP contribution >= 0.6 is 23.6 Å². The third-order valence-corrected chi connectivity index (χ3v) is 5.84. The Morgan fingerprint density at radius 2 is 2.00 bits per heavy atom. The number of carbonyl (C=O) groups is 1. The second-order valence-electron chi connectivity index (χ2n) is 6.13. The number of fused-ring (bicyclic) bond motifs is 1. The molecule has 0 radical (unpaired) electrons. The highest BCUT2D eigenvalue weighted by molar-refractivity contribution is 7.80. The minimum atomic E-state index is -0.498. The van der Waals surface area contributed by atoms with Crippen LogP contribution in [0.2, 0.25) is 0 Å².